The first-order chi connectivity index (χ1) is 21.5. The molecule has 0 spiro atoms. The van der Waals surface area contributed by atoms with Crippen LogP contribution in [0, 0.1) is 45.3 Å². The van der Waals surface area contributed by atoms with Crippen LogP contribution in [0.4, 0.5) is 0 Å². The van der Waals surface area contributed by atoms with Crippen molar-refractivity contribution in [3.63, 3.8) is 0 Å². The summed E-state index contributed by atoms with van der Waals surface area (Å²) in [5.41, 5.74) is 0.896. The zero-order chi connectivity index (χ0) is 34.8. The SMILES string of the molecule is CC1=CC[C@H]2[C@@](C)(CCC3[C@@](C)(O)CC[C@H]4C(C)(C)CCC[C@]34C)CCC[C@]2(C)C1Cc1cc(OS(=O)(=O)[O-])ccc1OS(=O)(=O)[O-].[Na+].[Na+]. The van der Waals surface area contributed by atoms with Gasteiger partial charge in [0.25, 0.3) is 20.8 Å². The minimum Gasteiger partial charge on any atom is -0.716 e. The van der Waals surface area contributed by atoms with Gasteiger partial charge in [-0.05, 0) is 142 Å². The molecule has 0 heterocycles. The molecule has 0 amide bonds. The summed E-state index contributed by atoms with van der Waals surface area (Å²) in [6.45, 7) is 16.1. The van der Waals surface area contributed by atoms with Crippen molar-refractivity contribution in [1.82, 2.24) is 0 Å². The summed E-state index contributed by atoms with van der Waals surface area (Å²) < 4.78 is 78.2. The Balaban J connectivity index is 0.00000325. The van der Waals surface area contributed by atoms with Gasteiger partial charge in [-0.25, -0.2) is 16.8 Å². The molecule has 8 atom stereocenters. The van der Waals surface area contributed by atoms with Crippen molar-refractivity contribution >= 4 is 20.8 Å². The van der Waals surface area contributed by atoms with E-state index in [0.717, 1.165) is 75.5 Å². The van der Waals surface area contributed by atoms with Crippen LogP contribution in [-0.2, 0) is 27.2 Å². The molecule has 4 aliphatic carbocycles. The van der Waals surface area contributed by atoms with Crippen LogP contribution in [0.15, 0.2) is 29.8 Å². The first kappa shape index (κ1) is 43.7. The van der Waals surface area contributed by atoms with Crippen LogP contribution in [0.25, 0.3) is 0 Å². The summed E-state index contributed by atoms with van der Waals surface area (Å²) in [7, 11) is -10.2. The Morgan fingerprint density at radius 1 is 0.837 bits per heavy atom. The van der Waals surface area contributed by atoms with E-state index in [1.165, 1.54) is 18.9 Å². The van der Waals surface area contributed by atoms with Gasteiger partial charge in [0.05, 0.1) is 5.60 Å². The molecule has 0 aromatic heterocycles. The Bertz CT molecular complexity index is 1610. The van der Waals surface area contributed by atoms with Gasteiger partial charge < -0.3 is 22.6 Å². The number of fused-ring (bicyclic) bond motifs is 2. The van der Waals surface area contributed by atoms with Crippen molar-refractivity contribution in [2.24, 2.45) is 45.3 Å². The zero-order valence-corrected chi connectivity index (χ0v) is 36.8. The second kappa shape index (κ2) is 15.2. The van der Waals surface area contributed by atoms with Crippen LogP contribution in [0.5, 0.6) is 11.5 Å². The largest absolute Gasteiger partial charge is 1.00 e. The zero-order valence-electron chi connectivity index (χ0n) is 31.1. The Labute approximate surface area is 339 Å². The van der Waals surface area contributed by atoms with Crippen LogP contribution in [0.3, 0.4) is 0 Å². The maximum Gasteiger partial charge on any atom is 1.00 e. The molecule has 49 heavy (non-hydrogen) atoms. The van der Waals surface area contributed by atoms with Gasteiger partial charge in [-0.15, -0.1) is 0 Å². The van der Waals surface area contributed by atoms with Gasteiger partial charge in [-0.2, -0.15) is 0 Å². The molecule has 1 N–H and O–H groups in total. The van der Waals surface area contributed by atoms with E-state index in [2.05, 4.69) is 58.7 Å². The van der Waals surface area contributed by atoms with Crippen molar-refractivity contribution < 1.29 is 98.5 Å². The Hall–Kier alpha value is 0.340. The second-order valence-electron chi connectivity index (χ2n) is 17.1. The molecule has 0 saturated heterocycles. The van der Waals surface area contributed by atoms with Gasteiger partial charge in [0.15, 0.2) is 0 Å². The van der Waals surface area contributed by atoms with Gasteiger partial charge in [-0.3, -0.25) is 0 Å². The summed E-state index contributed by atoms with van der Waals surface area (Å²) in [6, 6.07) is 3.55. The van der Waals surface area contributed by atoms with Crippen molar-refractivity contribution in [3.8, 4) is 11.5 Å². The first-order valence-electron chi connectivity index (χ1n) is 17.3. The smallest absolute Gasteiger partial charge is 0.716 e. The number of aliphatic hydroxyl groups is 1. The van der Waals surface area contributed by atoms with Crippen molar-refractivity contribution in [2.75, 3.05) is 0 Å². The van der Waals surface area contributed by atoms with Gasteiger partial charge in [0, 0.05) is 5.56 Å². The molecule has 1 aromatic carbocycles. The standard InChI is InChI=1S/C36H56O9S2.2Na/c1-24-10-13-30-33(4,20-14-31-35(6)19-8-16-32(2,3)29(35)15-21-36(31,7)37)17-9-18-34(30,5)27(24)23-25-22-26(44-46(38,39)40)11-12-28(25)45-47(41,42)43;;/h10-12,22,27,29-31,37H,8-9,13-21,23H2,1-7H3,(H,38,39,40)(H,41,42,43);;/q;2*+1/p-2/t27?,29-,30-,31?,33+,34+,35-,36-;;/m0../s1. The predicted molar refractivity (Wildman–Crippen MR) is 178 cm³/mol. The summed E-state index contributed by atoms with van der Waals surface area (Å²) in [4.78, 5) is 0. The molecule has 0 bridgehead atoms. The monoisotopic (exact) mass is 740 g/mol. The molecule has 0 aliphatic heterocycles. The number of hydrogen-bond acceptors (Lipinski definition) is 9. The third kappa shape index (κ3) is 9.18. The third-order valence-corrected chi connectivity index (χ3v) is 14.5. The fourth-order valence-electron chi connectivity index (χ4n) is 11.7. The fourth-order valence-corrected chi connectivity index (χ4v) is 12.4. The minimum atomic E-state index is -5.11. The molecule has 13 heteroatoms. The molecule has 266 valence electrons. The Kier molecular flexibility index (Phi) is 13.6. The number of rotatable bonds is 9. The van der Waals surface area contributed by atoms with E-state index in [0.29, 0.717) is 11.8 Å². The van der Waals surface area contributed by atoms with Crippen LogP contribution in [0.2, 0.25) is 0 Å². The van der Waals surface area contributed by atoms with Gasteiger partial charge in [-0.1, -0.05) is 59.1 Å². The van der Waals surface area contributed by atoms with Crippen molar-refractivity contribution in [1.29, 1.82) is 0 Å². The molecule has 4 aliphatic rings. The quantitative estimate of drug-likeness (QED) is 0.172. The summed E-state index contributed by atoms with van der Waals surface area (Å²) >= 11 is 0. The Morgan fingerprint density at radius 2 is 1.45 bits per heavy atom. The summed E-state index contributed by atoms with van der Waals surface area (Å²) in [5, 5.41) is 11.9. The van der Waals surface area contributed by atoms with E-state index in [1.54, 1.807) is 0 Å². The van der Waals surface area contributed by atoms with Crippen LogP contribution >= 0.6 is 0 Å². The van der Waals surface area contributed by atoms with Crippen molar-refractivity contribution in [3.05, 3.63) is 35.4 Å². The first-order valence-corrected chi connectivity index (χ1v) is 20.0. The maximum atomic E-state index is 11.9. The van der Waals surface area contributed by atoms with E-state index in [-0.39, 0.29) is 116 Å². The number of benzene rings is 1. The average molecular weight is 741 g/mol. The second-order valence-corrected chi connectivity index (χ2v) is 19.1. The molecule has 3 fully saturated rings. The molecule has 5 rings (SSSR count). The van der Waals surface area contributed by atoms with Gasteiger partial charge >= 0.3 is 59.1 Å². The minimum absolute atomic E-state index is 0. The van der Waals surface area contributed by atoms with E-state index in [1.807, 2.05) is 0 Å². The molecular formula is C36H54Na2O9S2. The van der Waals surface area contributed by atoms with Crippen LogP contribution in [0.1, 0.15) is 125 Å². The maximum absolute atomic E-state index is 11.9. The van der Waals surface area contributed by atoms with Gasteiger partial charge in [0.1, 0.15) is 11.5 Å². The van der Waals surface area contributed by atoms with Crippen molar-refractivity contribution in [2.45, 2.75) is 131 Å². The number of allylic oxidation sites excluding steroid dienone is 2. The van der Waals surface area contributed by atoms with E-state index in [4.69, 9.17) is 4.18 Å². The van der Waals surface area contributed by atoms with E-state index < -0.39 is 26.4 Å². The fraction of sp³-hybridized carbons (Fsp3) is 0.778. The normalized spacial score (nSPS) is 37.3. The van der Waals surface area contributed by atoms with Crippen LogP contribution < -0.4 is 67.5 Å². The molecule has 2 unspecified atom stereocenters. The summed E-state index contributed by atoms with van der Waals surface area (Å²) in [6.07, 6.45) is 14.0. The Morgan fingerprint density at radius 3 is 2.08 bits per heavy atom. The third-order valence-electron chi connectivity index (χ3n) is 13.7. The van der Waals surface area contributed by atoms with E-state index in [9.17, 15) is 31.0 Å². The molecular weight excluding hydrogens is 687 g/mol. The molecule has 0 radical (unpaired) electrons. The van der Waals surface area contributed by atoms with Gasteiger partial charge in [0.2, 0.25) is 0 Å². The predicted octanol–water partition coefficient (Wildman–Crippen LogP) is 1.47. The average Bonchev–Trinajstić information content (AvgIpc) is 2.89. The van der Waals surface area contributed by atoms with E-state index >= 15 is 0 Å². The molecule has 9 nitrogen and oxygen atoms in total. The number of hydrogen-bond donors (Lipinski definition) is 1. The topological polar surface area (TPSA) is 153 Å². The van der Waals surface area contributed by atoms with Crippen LogP contribution in [-0.4, -0.2) is 36.6 Å². The molecule has 1 aromatic rings. The molecule has 3 saturated carbocycles. The summed E-state index contributed by atoms with van der Waals surface area (Å²) in [5.74, 6) is 0.584.